The number of fused-ring (bicyclic) bond motifs is 1. The number of phenols is 1. The number of carbonyl (C=O) groups excluding carboxylic acids is 1. The zero-order valence-corrected chi connectivity index (χ0v) is 15.4. The van der Waals surface area contributed by atoms with E-state index in [2.05, 4.69) is 25.2 Å². The fraction of sp³-hybridized carbons (Fsp3) is 0.667. The van der Waals surface area contributed by atoms with Gasteiger partial charge in [-0.15, -0.1) is 0 Å². The van der Waals surface area contributed by atoms with Crippen LogP contribution in [0.3, 0.4) is 0 Å². The predicted molar refractivity (Wildman–Crippen MR) is 96.1 cm³/mol. The van der Waals surface area contributed by atoms with Crippen LogP contribution in [0.4, 0.5) is 0 Å². The Bertz CT molecular complexity index is 685. The van der Waals surface area contributed by atoms with Crippen LogP contribution in [0, 0.1) is 22.7 Å². The van der Waals surface area contributed by atoms with Gasteiger partial charge in [0.25, 0.3) is 0 Å². The Morgan fingerprint density at radius 1 is 1.40 bits per heavy atom. The van der Waals surface area contributed by atoms with Gasteiger partial charge in [0.2, 0.25) is 5.91 Å². The first-order valence-corrected chi connectivity index (χ1v) is 9.58. The summed E-state index contributed by atoms with van der Waals surface area (Å²) in [5.41, 5.74) is 1.31. The third-order valence-corrected chi connectivity index (χ3v) is 7.33. The van der Waals surface area contributed by atoms with Crippen molar-refractivity contribution in [3.05, 3.63) is 29.8 Å². The maximum atomic E-state index is 12.2. The topological polar surface area (TPSA) is 58.6 Å². The van der Waals surface area contributed by atoms with E-state index >= 15 is 0 Å². The molecule has 0 aromatic heterocycles. The molecule has 1 amide bonds. The maximum Gasteiger partial charge on any atom is 0.219 e. The Kier molecular flexibility index (Phi) is 3.87. The SMILES string of the molecule is CCC(=O)N[C@H]1C(C)(C)[C@@H]2C[C@@H]3[C@@H](c4cccc(O)c4)OCC[C@@]31C2. The molecule has 1 aromatic carbocycles. The summed E-state index contributed by atoms with van der Waals surface area (Å²) < 4.78 is 6.20. The van der Waals surface area contributed by atoms with Gasteiger partial charge in [-0.05, 0) is 59.6 Å². The molecule has 4 nitrogen and oxygen atoms in total. The molecular formula is C21H29NO3. The molecule has 2 aliphatic carbocycles. The fourth-order valence-corrected chi connectivity index (χ4v) is 6.08. The van der Waals surface area contributed by atoms with Gasteiger partial charge in [-0.1, -0.05) is 32.9 Å². The monoisotopic (exact) mass is 343 g/mol. The molecule has 1 aromatic rings. The lowest BCUT2D eigenvalue weighted by Gasteiger charge is -2.53. The molecule has 0 radical (unpaired) electrons. The van der Waals surface area contributed by atoms with Crippen LogP contribution in [0.2, 0.25) is 0 Å². The summed E-state index contributed by atoms with van der Waals surface area (Å²) in [5, 5.41) is 13.3. The van der Waals surface area contributed by atoms with Crippen LogP contribution in [0.5, 0.6) is 5.75 Å². The second-order valence-corrected chi connectivity index (χ2v) is 8.79. The molecule has 2 N–H and O–H groups in total. The van der Waals surface area contributed by atoms with Crippen LogP contribution in [0.25, 0.3) is 0 Å². The third-order valence-electron chi connectivity index (χ3n) is 7.33. The van der Waals surface area contributed by atoms with Crippen LogP contribution in [-0.2, 0) is 9.53 Å². The molecule has 2 saturated carbocycles. The summed E-state index contributed by atoms with van der Waals surface area (Å²) in [6.45, 7) is 7.28. The molecule has 1 heterocycles. The van der Waals surface area contributed by atoms with E-state index in [1.165, 1.54) is 6.42 Å². The molecule has 5 atom stereocenters. The first-order valence-electron chi connectivity index (χ1n) is 9.58. The number of hydrogen-bond acceptors (Lipinski definition) is 3. The van der Waals surface area contributed by atoms with E-state index in [1.54, 1.807) is 6.07 Å². The lowest BCUT2D eigenvalue weighted by atomic mass is 9.59. The number of ether oxygens (including phenoxy) is 1. The number of nitrogens with one attached hydrogen (secondary N) is 1. The minimum Gasteiger partial charge on any atom is -0.508 e. The van der Waals surface area contributed by atoms with E-state index in [9.17, 15) is 9.90 Å². The van der Waals surface area contributed by atoms with Crippen LogP contribution in [-0.4, -0.2) is 23.7 Å². The van der Waals surface area contributed by atoms with Gasteiger partial charge in [-0.25, -0.2) is 0 Å². The molecule has 0 unspecified atom stereocenters. The highest BCUT2D eigenvalue weighted by atomic mass is 16.5. The van der Waals surface area contributed by atoms with Gasteiger partial charge in [0.05, 0.1) is 6.10 Å². The smallest absolute Gasteiger partial charge is 0.219 e. The number of phenolic OH excluding ortho intramolecular Hbond substituents is 1. The van der Waals surface area contributed by atoms with Crippen molar-refractivity contribution in [1.82, 2.24) is 5.32 Å². The first-order chi connectivity index (χ1) is 11.9. The largest absolute Gasteiger partial charge is 0.508 e. The van der Waals surface area contributed by atoms with Crippen molar-refractivity contribution >= 4 is 5.91 Å². The summed E-state index contributed by atoms with van der Waals surface area (Å²) in [5.74, 6) is 1.46. The number of rotatable bonds is 3. The molecule has 1 saturated heterocycles. The standard InChI is InChI=1S/C21H29NO3/c1-4-17(24)22-19-20(2,3)14-11-16-18(13-6-5-7-15(23)10-13)25-9-8-21(16,19)12-14/h5-7,10,14,16,18-19,23H,4,8-9,11-12H2,1-3H3,(H,22,24)/t14-,16-,18-,19+,21-/m1/s1. The average molecular weight is 343 g/mol. The highest BCUT2D eigenvalue weighted by Crippen LogP contribution is 2.70. The quantitative estimate of drug-likeness (QED) is 0.877. The van der Waals surface area contributed by atoms with E-state index in [0.29, 0.717) is 24.0 Å². The van der Waals surface area contributed by atoms with Gasteiger partial charge < -0.3 is 15.2 Å². The Labute approximate surface area is 150 Å². The Morgan fingerprint density at radius 2 is 2.20 bits per heavy atom. The van der Waals surface area contributed by atoms with Crippen molar-refractivity contribution < 1.29 is 14.6 Å². The van der Waals surface area contributed by atoms with Crippen LogP contribution < -0.4 is 5.32 Å². The molecule has 4 rings (SSSR count). The fourth-order valence-electron chi connectivity index (χ4n) is 6.08. The van der Waals surface area contributed by atoms with E-state index in [0.717, 1.165) is 25.0 Å². The van der Waals surface area contributed by atoms with Crippen molar-refractivity contribution in [2.45, 2.75) is 58.6 Å². The van der Waals surface area contributed by atoms with Crippen LogP contribution >= 0.6 is 0 Å². The second-order valence-electron chi connectivity index (χ2n) is 8.79. The molecule has 25 heavy (non-hydrogen) atoms. The molecule has 3 fully saturated rings. The minimum atomic E-state index is 0.0166. The van der Waals surface area contributed by atoms with Crippen LogP contribution in [0.15, 0.2) is 24.3 Å². The van der Waals surface area contributed by atoms with Crippen molar-refractivity contribution in [2.75, 3.05) is 6.61 Å². The average Bonchev–Trinajstić information content (AvgIpc) is 3.07. The summed E-state index contributed by atoms with van der Waals surface area (Å²) >= 11 is 0. The van der Waals surface area contributed by atoms with Gasteiger partial charge in [-0.3, -0.25) is 4.79 Å². The summed E-state index contributed by atoms with van der Waals surface area (Å²) in [7, 11) is 0. The predicted octanol–water partition coefficient (Wildman–Crippen LogP) is 3.80. The molecule has 1 spiro atoms. The highest BCUT2D eigenvalue weighted by Gasteiger charge is 2.68. The summed E-state index contributed by atoms with van der Waals surface area (Å²) in [4.78, 5) is 12.2. The first kappa shape index (κ1) is 16.9. The van der Waals surface area contributed by atoms with Gasteiger partial charge in [0.15, 0.2) is 0 Å². The van der Waals surface area contributed by atoms with E-state index < -0.39 is 0 Å². The summed E-state index contributed by atoms with van der Waals surface area (Å²) in [6, 6.07) is 7.69. The zero-order valence-electron chi connectivity index (χ0n) is 15.4. The van der Waals surface area contributed by atoms with Crippen molar-refractivity contribution in [1.29, 1.82) is 0 Å². The lowest BCUT2D eigenvalue weighted by molar-refractivity contribution is -0.137. The Balaban J connectivity index is 1.70. The Hall–Kier alpha value is -1.55. The number of benzene rings is 1. The normalized spacial score (nSPS) is 38.4. The van der Waals surface area contributed by atoms with E-state index in [1.807, 2.05) is 19.1 Å². The highest BCUT2D eigenvalue weighted by molar-refractivity contribution is 5.76. The number of amides is 1. The molecule has 136 valence electrons. The van der Waals surface area contributed by atoms with Crippen molar-refractivity contribution in [3.8, 4) is 5.75 Å². The molecular weight excluding hydrogens is 314 g/mol. The number of carbonyl (C=O) groups is 1. The third kappa shape index (κ3) is 2.41. The number of aromatic hydroxyl groups is 1. The van der Waals surface area contributed by atoms with E-state index in [4.69, 9.17) is 4.74 Å². The van der Waals surface area contributed by atoms with Gasteiger partial charge >= 0.3 is 0 Å². The zero-order chi connectivity index (χ0) is 17.8. The van der Waals surface area contributed by atoms with E-state index in [-0.39, 0.29) is 28.9 Å². The molecule has 3 aliphatic rings. The number of hydrogen-bond donors (Lipinski definition) is 2. The van der Waals surface area contributed by atoms with Gasteiger partial charge in [0, 0.05) is 19.1 Å². The molecule has 4 heteroatoms. The van der Waals surface area contributed by atoms with Gasteiger partial charge in [0.1, 0.15) is 5.75 Å². The maximum absolute atomic E-state index is 12.2. The Morgan fingerprint density at radius 3 is 2.92 bits per heavy atom. The van der Waals surface area contributed by atoms with Crippen LogP contribution in [0.1, 0.15) is 58.1 Å². The lowest BCUT2D eigenvalue weighted by Crippen LogP contribution is -2.58. The molecule has 2 bridgehead atoms. The molecule has 1 aliphatic heterocycles. The summed E-state index contributed by atoms with van der Waals surface area (Å²) in [6.07, 6.45) is 3.89. The second kappa shape index (κ2) is 5.73. The van der Waals surface area contributed by atoms with Crippen molar-refractivity contribution in [3.63, 3.8) is 0 Å². The minimum absolute atomic E-state index is 0.0166. The van der Waals surface area contributed by atoms with Gasteiger partial charge in [-0.2, -0.15) is 0 Å². The van der Waals surface area contributed by atoms with Crippen molar-refractivity contribution in [2.24, 2.45) is 22.7 Å².